The van der Waals surface area contributed by atoms with Gasteiger partial charge < -0.3 is 4.74 Å². The van der Waals surface area contributed by atoms with E-state index in [9.17, 15) is 4.79 Å². The van der Waals surface area contributed by atoms with Crippen LogP contribution >= 0.6 is 11.6 Å². The second-order valence-corrected chi connectivity index (χ2v) is 5.18. The van der Waals surface area contributed by atoms with Gasteiger partial charge in [0.2, 0.25) is 17.7 Å². The molecule has 1 heterocycles. The van der Waals surface area contributed by atoms with Gasteiger partial charge in [-0.25, -0.2) is 4.98 Å². The fraction of sp³-hybridized carbons (Fsp3) is 0.615. The summed E-state index contributed by atoms with van der Waals surface area (Å²) in [6, 6.07) is 1.50. The van der Waals surface area contributed by atoms with Gasteiger partial charge in [0, 0.05) is 12.5 Å². The van der Waals surface area contributed by atoms with E-state index in [-0.39, 0.29) is 17.0 Å². The first kappa shape index (κ1) is 14.1. The van der Waals surface area contributed by atoms with E-state index >= 15 is 0 Å². The molecule has 1 fully saturated rings. The van der Waals surface area contributed by atoms with Crippen LogP contribution in [0.4, 0.5) is 5.95 Å². The molecule has 1 N–H and O–H groups in total. The number of anilines is 1. The topological polar surface area (TPSA) is 64.1 Å². The lowest BCUT2D eigenvalue weighted by Crippen LogP contribution is -2.15. The normalized spacial score (nSPS) is 15.5. The van der Waals surface area contributed by atoms with E-state index < -0.39 is 0 Å². The van der Waals surface area contributed by atoms with Crippen molar-refractivity contribution >= 4 is 23.5 Å². The highest BCUT2D eigenvalue weighted by Gasteiger charge is 2.16. The summed E-state index contributed by atoms with van der Waals surface area (Å²) in [5.41, 5.74) is 0. The Morgan fingerprint density at radius 2 is 2.21 bits per heavy atom. The molecule has 0 saturated heterocycles. The van der Waals surface area contributed by atoms with E-state index in [1.165, 1.54) is 38.9 Å². The number of carbonyl (C=O) groups excluding carboxylic acids is 1. The first-order valence-corrected chi connectivity index (χ1v) is 6.93. The molecule has 6 heteroatoms. The van der Waals surface area contributed by atoms with Gasteiger partial charge in [0.25, 0.3) is 0 Å². The fourth-order valence-corrected chi connectivity index (χ4v) is 2.55. The first-order chi connectivity index (χ1) is 9.17. The number of rotatable bonds is 5. The molecule has 1 amide bonds. The number of ether oxygens (including phenoxy) is 1. The van der Waals surface area contributed by atoms with Crippen LogP contribution in [0.25, 0.3) is 0 Å². The molecular formula is C13H18ClN3O2. The Kier molecular flexibility index (Phi) is 4.96. The molecule has 2 rings (SSSR count). The first-order valence-electron chi connectivity index (χ1n) is 6.56. The summed E-state index contributed by atoms with van der Waals surface area (Å²) >= 11 is 5.81. The Bertz CT molecular complexity index is 448. The van der Waals surface area contributed by atoms with Crippen molar-refractivity contribution in [1.29, 1.82) is 0 Å². The van der Waals surface area contributed by atoms with E-state index in [1.807, 2.05) is 0 Å². The summed E-state index contributed by atoms with van der Waals surface area (Å²) < 4.78 is 4.97. The van der Waals surface area contributed by atoms with Crippen LogP contribution in [-0.4, -0.2) is 23.0 Å². The maximum absolute atomic E-state index is 11.8. The van der Waals surface area contributed by atoms with Crippen LogP contribution in [0.1, 0.15) is 38.5 Å². The number of halogens is 1. The summed E-state index contributed by atoms with van der Waals surface area (Å²) in [7, 11) is 1.49. The van der Waals surface area contributed by atoms with Crippen LogP contribution < -0.4 is 10.1 Å². The molecule has 19 heavy (non-hydrogen) atoms. The number of hydrogen-bond donors (Lipinski definition) is 1. The Morgan fingerprint density at radius 1 is 1.47 bits per heavy atom. The van der Waals surface area contributed by atoms with Gasteiger partial charge in [0.05, 0.1) is 7.11 Å². The SMILES string of the molecule is COc1cc(Cl)nc(NC(=O)CCC2CCCC2)n1. The zero-order valence-corrected chi connectivity index (χ0v) is 11.7. The molecule has 0 spiro atoms. The zero-order valence-electron chi connectivity index (χ0n) is 11.0. The molecule has 0 radical (unpaired) electrons. The zero-order chi connectivity index (χ0) is 13.7. The second kappa shape index (κ2) is 6.70. The van der Waals surface area contributed by atoms with E-state index in [4.69, 9.17) is 16.3 Å². The van der Waals surface area contributed by atoms with Gasteiger partial charge in [0.15, 0.2) is 0 Å². The van der Waals surface area contributed by atoms with Crippen LogP contribution in [-0.2, 0) is 4.79 Å². The maximum Gasteiger partial charge on any atom is 0.234 e. The molecule has 1 aliphatic carbocycles. The van der Waals surface area contributed by atoms with Crippen LogP contribution in [0.2, 0.25) is 5.15 Å². The third-order valence-electron chi connectivity index (χ3n) is 3.39. The molecular weight excluding hydrogens is 266 g/mol. The Hall–Kier alpha value is -1.36. The van der Waals surface area contributed by atoms with Gasteiger partial charge in [0.1, 0.15) is 5.15 Å². The summed E-state index contributed by atoms with van der Waals surface area (Å²) in [6.45, 7) is 0. The largest absolute Gasteiger partial charge is 0.481 e. The van der Waals surface area contributed by atoms with Crippen molar-refractivity contribution in [2.45, 2.75) is 38.5 Å². The lowest BCUT2D eigenvalue weighted by atomic mass is 10.0. The van der Waals surface area contributed by atoms with E-state index in [0.717, 1.165) is 6.42 Å². The van der Waals surface area contributed by atoms with Gasteiger partial charge in [-0.3, -0.25) is 10.1 Å². The summed E-state index contributed by atoms with van der Waals surface area (Å²) in [5, 5.41) is 2.90. The number of hydrogen-bond acceptors (Lipinski definition) is 4. The minimum Gasteiger partial charge on any atom is -0.481 e. The predicted molar refractivity (Wildman–Crippen MR) is 73.4 cm³/mol. The Morgan fingerprint density at radius 3 is 2.89 bits per heavy atom. The minimum atomic E-state index is -0.0729. The Balaban J connectivity index is 1.85. The van der Waals surface area contributed by atoms with Crippen molar-refractivity contribution in [3.8, 4) is 5.88 Å². The summed E-state index contributed by atoms with van der Waals surface area (Å²) in [5.74, 6) is 1.16. The number of carbonyl (C=O) groups is 1. The van der Waals surface area contributed by atoms with Gasteiger partial charge in [-0.1, -0.05) is 37.3 Å². The Labute approximate surface area is 117 Å². The number of nitrogens with one attached hydrogen (secondary N) is 1. The van der Waals surface area contributed by atoms with Crippen LogP contribution in [0.15, 0.2) is 6.07 Å². The second-order valence-electron chi connectivity index (χ2n) is 4.79. The molecule has 1 aliphatic rings. The molecule has 1 saturated carbocycles. The molecule has 0 atom stereocenters. The third-order valence-corrected chi connectivity index (χ3v) is 3.58. The van der Waals surface area contributed by atoms with Crippen molar-refractivity contribution in [2.24, 2.45) is 5.92 Å². The number of amides is 1. The van der Waals surface area contributed by atoms with Crippen molar-refractivity contribution in [1.82, 2.24) is 9.97 Å². The van der Waals surface area contributed by atoms with Crippen LogP contribution in [0, 0.1) is 5.92 Å². The van der Waals surface area contributed by atoms with Crippen molar-refractivity contribution in [3.63, 3.8) is 0 Å². The summed E-state index contributed by atoms with van der Waals surface area (Å²) in [4.78, 5) is 19.8. The van der Waals surface area contributed by atoms with E-state index in [0.29, 0.717) is 18.2 Å². The smallest absolute Gasteiger partial charge is 0.234 e. The van der Waals surface area contributed by atoms with Gasteiger partial charge in [-0.15, -0.1) is 0 Å². The predicted octanol–water partition coefficient (Wildman–Crippen LogP) is 3.05. The molecule has 0 aliphatic heterocycles. The molecule has 104 valence electrons. The van der Waals surface area contributed by atoms with Crippen molar-refractivity contribution < 1.29 is 9.53 Å². The van der Waals surface area contributed by atoms with E-state index in [1.54, 1.807) is 0 Å². The quantitative estimate of drug-likeness (QED) is 0.844. The van der Waals surface area contributed by atoms with Crippen LogP contribution in [0.3, 0.4) is 0 Å². The van der Waals surface area contributed by atoms with Crippen molar-refractivity contribution in [3.05, 3.63) is 11.2 Å². The lowest BCUT2D eigenvalue weighted by molar-refractivity contribution is -0.116. The van der Waals surface area contributed by atoms with Crippen LogP contribution in [0.5, 0.6) is 5.88 Å². The highest BCUT2D eigenvalue weighted by atomic mass is 35.5. The van der Waals surface area contributed by atoms with Gasteiger partial charge in [-0.2, -0.15) is 4.98 Å². The summed E-state index contributed by atoms with van der Waals surface area (Å²) in [6.07, 6.45) is 6.51. The number of nitrogens with zero attached hydrogens (tertiary/aromatic N) is 2. The molecule has 0 unspecified atom stereocenters. The van der Waals surface area contributed by atoms with E-state index in [2.05, 4.69) is 15.3 Å². The molecule has 0 aromatic carbocycles. The maximum atomic E-state index is 11.8. The van der Waals surface area contributed by atoms with Gasteiger partial charge in [-0.05, 0) is 12.3 Å². The third kappa shape index (κ3) is 4.35. The minimum absolute atomic E-state index is 0.0729. The average Bonchev–Trinajstić information content (AvgIpc) is 2.88. The standard InChI is InChI=1S/C13H18ClN3O2/c1-19-12-8-10(14)15-13(17-12)16-11(18)7-6-9-4-2-3-5-9/h8-9H,2-7H2,1H3,(H,15,16,17,18). The molecule has 1 aromatic heterocycles. The molecule has 0 bridgehead atoms. The number of aromatic nitrogens is 2. The van der Waals surface area contributed by atoms with Gasteiger partial charge >= 0.3 is 0 Å². The number of methoxy groups -OCH3 is 1. The molecule has 1 aromatic rings. The lowest BCUT2D eigenvalue weighted by Gasteiger charge is -2.09. The van der Waals surface area contributed by atoms with Crippen molar-refractivity contribution in [2.75, 3.05) is 12.4 Å². The fourth-order valence-electron chi connectivity index (χ4n) is 2.38. The molecule has 5 nitrogen and oxygen atoms in total. The highest BCUT2D eigenvalue weighted by Crippen LogP contribution is 2.28. The monoisotopic (exact) mass is 283 g/mol. The highest BCUT2D eigenvalue weighted by molar-refractivity contribution is 6.29. The average molecular weight is 284 g/mol.